The van der Waals surface area contributed by atoms with Crippen LogP contribution in [0.3, 0.4) is 0 Å². The first-order valence-electron chi connectivity index (χ1n) is 6.40. The predicted molar refractivity (Wildman–Crippen MR) is 80.5 cm³/mol. The van der Waals surface area contributed by atoms with Crippen LogP contribution in [0.1, 0.15) is 22.7 Å². The molecular formula is C15H17FN2OS. The normalized spacial score (nSPS) is 12.2. The van der Waals surface area contributed by atoms with Crippen LogP contribution in [-0.2, 0) is 4.79 Å². The highest BCUT2D eigenvalue weighted by Gasteiger charge is 2.09. The lowest BCUT2D eigenvalue weighted by atomic mass is 10.2. The summed E-state index contributed by atoms with van der Waals surface area (Å²) in [5.41, 5.74) is 0.595. The van der Waals surface area contributed by atoms with Crippen LogP contribution in [0.15, 0.2) is 36.4 Å². The van der Waals surface area contributed by atoms with E-state index in [1.54, 1.807) is 23.5 Å². The van der Waals surface area contributed by atoms with Crippen molar-refractivity contribution < 1.29 is 9.18 Å². The van der Waals surface area contributed by atoms with E-state index < -0.39 is 0 Å². The topological polar surface area (TPSA) is 41.1 Å². The number of amides is 1. The van der Waals surface area contributed by atoms with Gasteiger partial charge < -0.3 is 10.6 Å². The summed E-state index contributed by atoms with van der Waals surface area (Å²) < 4.78 is 12.7. The number of anilines is 1. The highest BCUT2D eigenvalue weighted by Crippen LogP contribution is 2.21. The van der Waals surface area contributed by atoms with Gasteiger partial charge in [0, 0.05) is 21.5 Å². The number of carbonyl (C=O) groups is 1. The van der Waals surface area contributed by atoms with Crippen LogP contribution in [0.25, 0.3) is 0 Å². The lowest BCUT2D eigenvalue weighted by Crippen LogP contribution is -2.29. The summed E-state index contributed by atoms with van der Waals surface area (Å²) in [6.07, 6.45) is 0. The third-order valence-corrected chi connectivity index (χ3v) is 4.07. The summed E-state index contributed by atoms with van der Waals surface area (Å²) >= 11 is 1.72. The number of hydrogen-bond donors (Lipinski definition) is 2. The maximum absolute atomic E-state index is 12.7. The van der Waals surface area contributed by atoms with Gasteiger partial charge in [0.05, 0.1) is 6.54 Å². The zero-order valence-corrected chi connectivity index (χ0v) is 12.3. The molecule has 0 saturated heterocycles. The summed E-state index contributed by atoms with van der Waals surface area (Å²) in [4.78, 5) is 14.2. The smallest absolute Gasteiger partial charge is 0.238 e. The SMILES string of the molecule is Cc1ccc(C(C)NCC(=O)Nc2ccc(F)cc2)s1. The number of aryl methyl sites for hydroxylation is 1. The molecule has 0 fully saturated rings. The average molecular weight is 292 g/mol. The summed E-state index contributed by atoms with van der Waals surface area (Å²) in [7, 11) is 0. The molecule has 3 nitrogen and oxygen atoms in total. The minimum absolute atomic E-state index is 0.132. The maximum atomic E-state index is 12.7. The van der Waals surface area contributed by atoms with Gasteiger partial charge in [0.25, 0.3) is 0 Å². The van der Waals surface area contributed by atoms with Crippen molar-refractivity contribution in [1.29, 1.82) is 0 Å². The quantitative estimate of drug-likeness (QED) is 0.885. The lowest BCUT2D eigenvalue weighted by molar-refractivity contribution is -0.115. The highest BCUT2D eigenvalue weighted by molar-refractivity contribution is 7.12. The molecule has 0 aliphatic heterocycles. The molecule has 1 aromatic carbocycles. The molecule has 2 aromatic rings. The Hall–Kier alpha value is -1.72. The first kappa shape index (κ1) is 14.7. The fraction of sp³-hybridized carbons (Fsp3) is 0.267. The summed E-state index contributed by atoms with van der Waals surface area (Å²) in [6, 6.07) is 9.98. The van der Waals surface area contributed by atoms with Gasteiger partial charge in [0.1, 0.15) is 5.82 Å². The molecule has 0 radical (unpaired) electrons. The Morgan fingerprint density at radius 2 is 1.95 bits per heavy atom. The molecule has 0 bridgehead atoms. The molecule has 2 N–H and O–H groups in total. The number of halogens is 1. The van der Waals surface area contributed by atoms with Crippen LogP contribution in [0.4, 0.5) is 10.1 Å². The molecule has 0 aliphatic rings. The Balaban J connectivity index is 1.81. The Bertz CT molecular complexity index is 580. The van der Waals surface area contributed by atoms with Crippen molar-refractivity contribution in [2.45, 2.75) is 19.9 Å². The number of nitrogens with one attached hydrogen (secondary N) is 2. The van der Waals surface area contributed by atoms with Gasteiger partial charge in [-0.15, -0.1) is 11.3 Å². The van der Waals surface area contributed by atoms with Gasteiger partial charge in [0.15, 0.2) is 0 Å². The summed E-state index contributed by atoms with van der Waals surface area (Å²) in [5.74, 6) is -0.459. The molecule has 106 valence electrons. The van der Waals surface area contributed by atoms with E-state index in [2.05, 4.69) is 29.7 Å². The Labute approximate surface area is 121 Å². The van der Waals surface area contributed by atoms with Crippen LogP contribution < -0.4 is 10.6 Å². The van der Waals surface area contributed by atoms with Gasteiger partial charge in [-0.25, -0.2) is 4.39 Å². The van der Waals surface area contributed by atoms with Gasteiger partial charge in [-0.2, -0.15) is 0 Å². The van der Waals surface area contributed by atoms with E-state index in [9.17, 15) is 9.18 Å². The fourth-order valence-corrected chi connectivity index (χ4v) is 2.67. The monoisotopic (exact) mass is 292 g/mol. The van der Waals surface area contributed by atoms with Crippen molar-refractivity contribution in [1.82, 2.24) is 5.32 Å². The second-order valence-electron chi connectivity index (χ2n) is 4.61. The molecule has 0 saturated carbocycles. The molecular weight excluding hydrogens is 275 g/mol. The zero-order valence-electron chi connectivity index (χ0n) is 11.4. The number of hydrogen-bond acceptors (Lipinski definition) is 3. The Morgan fingerprint density at radius 1 is 1.25 bits per heavy atom. The number of carbonyl (C=O) groups excluding carboxylic acids is 1. The lowest BCUT2D eigenvalue weighted by Gasteiger charge is -2.12. The van der Waals surface area contributed by atoms with E-state index in [1.165, 1.54) is 21.9 Å². The molecule has 1 heterocycles. The molecule has 20 heavy (non-hydrogen) atoms. The molecule has 5 heteroatoms. The molecule has 1 unspecified atom stereocenters. The molecule has 0 aliphatic carbocycles. The molecule has 1 amide bonds. The van der Waals surface area contributed by atoms with Crippen molar-refractivity contribution >= 4 is 22.9 Å². The third-order valence-electron chi connectivity index (χ3n) is 2.88. The zero-order chi connectivity index (χ0) is 14.5. The summed E-state index contributed by atoms with van der Waals surface area (Å²) in [6.45, 7) is 4.30. The van der Waals surface area contributed by atoms with E-state index >= 15 is 0 Å². The van der Waals surface area contributed by atoms with Crippen LogP contribution in [0.2, 0.25) is 0 Å². The maximum Gasteiger partial charge on any atom is 0.238 e. The Kier molecular flexibility index (Phi) is 4.87. The second kappa shape index (κ2) is 6.63. The predicted octanol–water partition coefficient (Wildman–Crippen LogP) is 3.48. The molecule has 1 atom stereocenters. The number of thiophene rings is 1. The van der Waals surface area contributed by atoms with Crippen LogP contribution in [0, 0.1) is 12.7 Å². The van der Waals surface area contributed by atoms with Gasteiger partial charge in [-0.1, -0.05) is 0 Å². The van der Waals surface area contributed by atoms with Crippen molar-refractivity contribution in [2.24, 2.45) is 0 Å². The fourth-order valence-electron chi connectivity index (χ4n) is 1.77. The third kappa shape index (κ3) is 4.15. The first-order valence-corrected chi connectivity index (χ1v) is 7.21. The summed E-state index contributed by atoms with van der Waals surface area (Å²) in [5, 5.41) is 5.88. The van der Waals surface area contributed by atoms with Crippen molar-refractivity contribution in [3.05, 3.63) is 52.0 Å². The van der Waals surface area contributed by atoms with Crippen molar-refractivity contribution in [2.75, 3.05) is 11.9 Å². The van der Waals surface area contributed by atoms with E-state index in [4.69, 9.17) is 0 Å². The van der Waals surface area contributed by atoms with Gasteiger partial charge >= 0.3 is 0 Å². The Morgan fingerprint density at radius 3 is 2.55 bits per heavy atom. The highest BCUT2D eigenvalue weighted by atomic mass is 32.1. The van der Waals surface area contributed by atoms with Gasteiger partial charge in [-0.3, -0.25) is 4.79 Å². The van der Waals surface area contributed by atoms with E-state index in [-0.39, 0.29) is 24.3 Å². The average Bonchev–Trinajstić information content (AvgIpc) is 2.85. The van der Waals surface area contributed by atoms with Crippen LogP contribution in [0.5, 0.6) is 0 Å². The van der Waals surface area contributed by atoms with E-state index in [0.29, 0.717) is 5.69 Å². The number of benzene rings is 1. The van der Waals surface area contributed by atoms with Gasteiger partial charge in [0.2, 0.25) is 5.91 Å². The standard InChI is InChI=1S/C15H17FN2OS/c1-10-3-8-14(20-10)11(2)17-9-15(19)18-13-6-4-12(16)5-7-13/h3-8,11,17H,9H2,1-2H3,(H,18,19). The number of rotatable bonds is 5. The first-order chi connectivity index (χ1) is 9.54. The molecule has 1 aromatic heterocycles. The second-order valence-corrected chi connectivity index (χ2v) is 5.93. The van der Waals surface area contributed by atoms with Crippen LogP contribution >= 0.6 is 11.3 Å². The minimum Gasteiger partial charge on any atom is -0.325 e. The van der Waals surface area contributed by atoms with E-state index in [1.807, 2.05) is 6.92 Å². The molecule has 0 spiro atoms. The van der Waals surface area contributed by atoms with Gasteiger partial charge in [-0.05, 0) is 50.2 Å². The van der Waals surface area contributed by atoms with Crippen LogP contribution in [-0.4, -0.2) is 12.5 Å². The molecule has 2 rings (SSSR count). The van der Waals surface area contributed by atoms with E-state index in [0.717, 1.165) is 0 Å². The largest absolute Gasteiger partial charge is 0.325 e. The van der Waals surface area contributed by atoms with Crippen molar-refractivity contribution in [3.63, 3.8) is 0 Å². The van der Waals surface area contributed by atoms with Crippen molar-refractivity contribution in [3.8, 4) is 0 Å². The minimum atomic E-state index is -0.317.